The predicted molar refractivity (Wildman–Crippen MR) is 148 cm³/mol. The summed E-state index contributed by atoms with van der Waals surface area (Å²) in [5, 5.41) is 5.05. The first-order valence-electron chi connectivity index (χ1n) is 12.0. The molecule has 0 radical (unpaired) electrons. The van der Waals surface area contributed by atoms with Crippen molar-refractivity contribution in [1.29, 1.82) is 0 Å². The van der Waals surface area contributed by atoms with Crippen molar-refractivity contribution in [3.63, 3.8) is 0 Å². The van der Waals surface area contributed by atoms with Crippen molar-refractivity contribution in [3.8, 4) is 11.5 Å². The first-order valence-corrected chi connectivity index (χ1v) is 13.1. The van der Waals surface area contributed by atoms with Crippen LogP contribution in [0.2, 0.25) is 5.02 Å². The summed E-state index contributed by atoms with van der Waals surface area (Å²) in [6.07, 6.45) is 1.39. The summed E-state index contributed by atoms with van der Waals surface area (Å²) in [4.78, 5) is 50.4. The number of hydrogen-bond donors (Lipinski definition) is 2. The average Bonchev–Trinajstić information content (AvgIpc) is 3.51. The SMILES string of the molecule is CCOc1cc(/C=C2\NC(=O)N(Cc3ccc(C(=O)OC)o3)C2=O)c(Br)c(Cl)c1OCC(=O)Nc1cccc(F)c1. The number of nitrogens with zero attached hydrogens (tertiary/aromatic N) is 1. The van der Waals surface area contributed by atoms with Crippen LogP contribution >= 0.6 is 27.5 Å². The van der Waals surface area contributed by atoms with Gasteiger partial charge in [-0.3, -0.25) is 14.5 Å². The largest absolute Gasteiger partial charge is 0.490 e. The average molecular weight is 651 g/mol. The number of rotatable bonds is 10. The summed E-state index contributed by atoms with van der Waals surface area (Å²) in [6, 6.07) is 9.03. The van der Waals surface area contributed by atoms with Gasteiger partial charge in [-0.1, -0.05) is 17.7 Å². The van der Waals surface area contributed by atoms with Crippen LogP contribution in [0.1, 0.15) is 28.8 Å². The molecule has 4 amide bonds. The van der Waals surface area contributed by atoms with E-state index in [9.17, 15) is 23.6 Å². The van der Waals surface area contributed by atoms with E-state index in [4.69, 9.17) is 25.5 Å². The molecule has 3 aromatic rings. The van der Waals surface area contributed by atoms with Crippen LogP contribution in [-0.2, 0) is 20.9 Å². The van der Waals surface area contributed by atoms with E-state index in [1.165, 1.54) is 49.6 Å². The summed E-state index contributed by atoms with van der Waals surface area (Å²) in [6.45, 7) is 1.26. The number of nitrogens with one attached hydrogen (secondary N) is 2. The third-order valence-corrected chi connectivity index (χ3v) is 6.98. The first-order chi connectivity index (χ1) is 19.6. The Morgan fingerprint density at radius 3 is 2.68 bits per heavy atom. The number of carbonyl (C=O) groups is 4. The van der Waals surface area contributed by atoms with Crippen LogP contribution in [0.4, 0.5) is 14.9 Å². The topological polar surface area (TPSA) is 136 Å². The molecule has 14 heteroatoms. The maximum atomic E-state index is 13.4. The van der Waals surface area contributed by atoms with Crippen LogP contribution < -0.4 is 20.1 Å². The molecule has 0 unspecified atom stereocenters. The number of carbonyl (C=O) groups excluding carboxylic acids is 4. The number of anilines is 1. The van der Waals surface area contributed by atoms with Crippen molar-refractivity contribution in [3.05, 3.63) is 80.6 Å². The van der Waals surface area contributed by atoms with Gasteiger partial charge in [-0.2, -0.15) is 0 Å². The highest BCUT2D eigenvalue weighted by atomic mass is 79.9. The Morgan fingerprint density at radius 1 is 1.20 bits per heavy atom. The summed E-state index contributed by atoms with van der Waals surface area (Å²) < 4.78 is 34.9. The standard InChI is InChI=1S/C27H22BrClFN3O8/c1-3-39-20-10-14(22(28)23(29)24(20)40-13-21(34)31-16-6-4-5-15(30)11-16)9-18-25(35)33(27(37)32-18)12-17-7-8-19(41-17)26(36)38-2/h4-11H,3,12-13H2,1-2H3,(H,31,34)(H,32,37)/b18-9-. The van der Waals surface area contributed by atoms with Crippen molar-refractivity contribution in [2.24, 2.45) is 0 Å². The van der Waals surface area contributed by atoms with Gasteiger partial charge in [0.05, 0.1) is 20.3 Å². The minimum absolute atomic E-state index is 0.0425. The Morgan fingerprint density at radius 2 is 1.98 bits per heavy atom. The lowest BCUT2D eigenvalue weighted by molar-refractivity contribution is -0.123. The third-order valence-electron chi connectivity index (χ3n) is 5.54. The molecule has 0 aliphatic carbocycles. The van der Waals surface area contributed by atoms with E-state index in [1.807, 2.05) is 0 Å². The van der Waals surface area contributed by atoms with Crippen molar-refractivity contribution in [2.75, 3.05) is 25.6 Å². The second kappa shape index (κ2) is 12.9. The molecule has 1 aromatic heterocycles. The first kappa shape index (κ1) is 29.6. The van der Waals surface area contributed by atoms with E-state index in [0.29, 0.717) is 10.0 Å². The molecule has 1 aliphatic heterocycles. The molecular weight excluding hydrogens is 629 g/mol. The molecular formula is C27H22BrClFN3O8. The van der Waals surface area contributed by atoms with E-state index < -0.39 is 36.2 Å². The fourth-order valence-corrected chi connectivity index (χ4v) is 4.37. The van der Waals surface area contributed by atoms with E-state index in [-0.39, 0.29) is 52.6 Å². The number of imide groups is 1. The predicted octanol–water partition coefficient (Wildman–Crippen LogP) is 5.13. The van der Waals surface area contributed by atoms with Crippen LogP contribution in [0.5, 0.6) is 11.5 Å². The third kappa shape index (κ3) is 6.87. The summed E-state index contributed by atoms with van der Waals surface area (Å²) in [5.41, 5.74) is 0.565. The lowest BCUT2D eigenvalue weighted by Gasteiger charge is -2.16. The van der Waals surface area contributed by atoms with Crippen LogP contribution in [-0.4, -0.2) is 49.0 Å². The molecule has 4 rings (SSSR count). The molecule has 0 bridgehead atoms. The van der Waals surface area contributed by atoms with Gasteiger partial charge in [-0.15, -0.1) is 0 Å². The Kier molecular flexibility index (Phi) is 9.30. The zero-order valence-corrected chi connectivity index (χ0v) is 23.9. The molecule has 2 N–H and O–H groups in total. The number of hydrogen-bond acceptors (Lipinski definition) is 8. The molecule has 0 atom stereocenters. The number of methoxy groups -OCH3 is 1. The number of amides is 4. The van der Waals surface area contributed by atoms with Crippen LogP contribution in [0.15, 0.2) is 57.1 Å². The molecule has 2 aromatic carbocycles. The van der Waals surface area contributed by atoms with Gasteiger partial charge < -0.3 is 29.3 Å². The number of ether oxygens (including phenoxy) is 3. The number of benzene rings is 2. The molecule has 0 spiro atoms. The quantitative estimate of drug-likeness (QED) is 0.175. The molecule has 0 saturated carbocycles. The minimum atomic E-state index is -0.700. The highest BCUT2D eigenvalue weighted by Crippen LogP contribution is 2.43. The van der Waals surface area contributed by atoms with E-state index in [0.717, 1.165) is 11.0 Å². The number of esters is 1. The maximum Gasteiger partial charge on any atom is 0.373 e. The number of furan rings is 1. The monoisotopic (exact) mass is 649 g/mol. The van der Waals surface area contributed by atoms with Crippen molar-refractivity contribution in [2.45, 2.75) is 13.5 Å². The summed E-state index contributed by atoms with van der Waals surface area (Å²) >= 11 is 9.90. The van der Waals surface area contributed by atoms with Crippen molar-refractivity contribution < 1.29 is 42.2 Å². The highest BCUT2D eigenvalue weighted by Gasteiger charge is 2.35. The Hall–Kier alpha value is -4.36. The number of urea groups is 1. The normalized spacial score (nSPS) is 13.8. The Labute approximate surface area is 246 Å². The number of halogens is 3. The smallest absolute Gasteiger partial charge is 0.373 e. The second-order valence-electron chi connectivity index (χ2n) is 8.34. The van der Waals surface area contributed by atoms with Crippen LogP contribution in [0, 0.1) is 5.82 Å². The minimum Gasteiger partial charge on any atom is -0.490 e. The van der Waals surface area contributed by atoms with Crippen LogP contribution in [0.3, 0.4) is 0 Å². The fourth-order valence-electron chi connectivity index (χ4n) is 3.71. The molecule has 41 heavy (non-hydrogen) atoms. The lowest BCUT2D eigenvalue weighted by atomic mass is 10.1. The molecule has 214 valence electrons. The lowest BCUT2D eigenvalue weighted by Crippen LogP contribution is -2.30. The van der Waals surface area contributed by atoms with Gasteiger partial charge in [0, 0.05) is 10.2 Å². The van der Waals surface area contributed by atoms with Gasteiger partial charge in [0.25, 0.3) is 11.8 Å². The zero-order chi connectivity index (χ0) is 29.7. The molecule has 1 saturated heterocycles. The molecule has 11 nitrogen and oxygen atoms in total. The Balaban J connectivity index is 1.52. The highest BCUT2D eigenvalue weighted by molar-refractivity contribution is 9.10. The van der Waals surface area contributed by atoms with Gasteiger partial charge in [0.15, 0.2) is 18.1 Å². The van der Waals surface area contributed by atoms with E-state index >= 15 is 0 Å². The van der Waals surface area contributed by atoms with Gasteiger partial charge in [0.2, 0.25) is 5.76 Å². The molecule has 1 aliphatic rings. The summed E-state index contributed by atoms with van der Waals surface area (Å²) in [7, 11) is 1.20. The van der Waals surface area contributed by atoms with Gasteiger partial charge >= 0.3 is 12.0 Å². The van der Waals surface area contributed by atoms with Crippen molar-refractivity contribution >= 4 is 63.1 Å². The van der Waals surface area contributed by atoms with E-state index in [1.54, 1.807) is 6.92 Å². The van der Waals surface area contributed by atoms with Gasteiger partial charge in [-0.25, -0.2) is 14.0 Å². The maximum absolute atomic E-state index is 13.4. The van der Waals surface area contributed by atoms with Crippen molar-refractivity contribution in [1.82, 2.24) is 10.2 Å². The molecule has 2 heterocycles. The second-order valence-corrected chi connectivity index (χ2v) is 9.51. The zero-order valence-electron chi connectivity index (χ0n) is 21.6. The van der Waals surface area contributed by atoms with Gasteiger partial charge in [0.1, 0.15) is 22.3 Å². The van der Waals surface area contributed by atoms with Gasteiger partial charge in [-0.05, 0) is 70.9 Å². The van der Waals surface area contributed by atoms with Crippen LogP contribution in [0.25, 0.3) is 6.08 Å². The van der Waals surface area contributed by atoms with E-state index in [2.05, 4.69) is 31.3 Å². The summed E-state index contributed by atoms with van der Waals surface area (Å²) in [5.74, 6) is -2.06. The fraction of sp³-hybridized carbons (Fsp3) is 0.185. The molecule has 1 fully saturated rings. The Bertz CT molecular complexity index is 1560.